The van der Waals surface area contributed by atoms with Gasteiger partial charge in [-0.3, -0.25) is 4.79 Å². The molecular weight excluding hydrogens is 492 g/mol. The van der Waals surface area contributed by atoms with Crippen molar-refractivity contribution in [1.82, 2.24) is 0 Å². The molecule has 0 saturated heterocycles. The molecule has 186 valence electrons. The number of carboxylic acids is 1. The molecular formula is C27H28Cl2FNO4. The summed E-state index contributed by atoms with van der Waals surface area (Å²) in [5, 5.41) is 9.55. The van der Waals surface area contributed by atoms with Crippen LogP contribution in [0.3, 0.4) is 0 Å². The van der Waals surface area contributed by atoms with E-state index in [2.05, 4.69) is 20.8 Å². The monoisotopic (exact) mass is 519 g/mol. The first-order chi connectivity index (χ1) is 16.4. The maximum absolute atomic E-state index is 13.2. The van der Waals surface area contributed by atoms with Crippen LogP contribution < -0.4 is 15.2 Å². The molecule has 5 nitrogen and oxygen atoms in total. The molecule has 35 heavy (non-hydrogen) atoms. The smallest absolute Gasteiger partial charge is 0.320 e. The van der Waals surface area contributed by atoms with E-state index in [1.165, 1.54) is 12.1 Å². The zero-order valence-electron chi connectivity index (χ0n) is 19.8. The van der Waals surface area contributed by atoms with Crippen molar-refractivity contribution in [3.63, 3.8) is 0 Å². The molecule has 0 aliphatic rings. The Labute approximate surface area is 214 Å². The molecule has 3 aromatic carbocycles. The van der Waals surface area contributed by atoms with Gasteiger partial charge in [0, 0.05) is 5.56 Å². The molecule has 3 N–H and O–H groups in total. The number of carbonyl (C=O) groups is 1. The summed E-state index contributed by atoms with van der Waals surface area (Å²) in [6.45, 7) is 6.74. The molecule has 0 radical (unpaired) electrons. The second-order valence-electron chi connectivity index (χ2n) is 9.31. The second-order valence-corrected chi connectivity index (χ2v) is 10.1. The summed E-state index contributed by atoms with van der Waals surface area (Å²) < 4.78 is 25.2. The van der Waals surface area contributed by atoms with Crippen LogP contribution in [0.1, 0.15) is 43.0 Å². The number of ether oxygens (including phenoxy) is 2. The normalized spacial score (nSPS) is 12.3. The molecule has 0 bridgehead atoms. The van der Waals surface area contributed by atoms with Gasteiger partial charge in [0.05, 0.1) is 10.0 Å². The van der Waals surface area contributed by atoms with Crippen molar-refractivity contribution in [3.8, 4) is 11.5 Å². The van der Waals surface area contributed by atoms with Gasteiger partial charge in [-0.2, -0.15) is 0 Å². The van der Waals surface area contributed by atoms with Crippen molar-refractivity contribution in [2.45, 2.75) is 51.9 Å². The van der Waals surface area contributed by atoms with Gasteiger partial charge >= 0.3 is 5.97 Å². The zero-order valence-corrected chi connectivity index (χ0v) is 21.3. The summed E-state index contributed by atoms with van der Waals surface area (Å²) in [5.74, 6) is -0.503. The van der Waals surface area contributed by atoms with Gasteiger partial charge < -0.3 is 20.3 Å². The number of nitrogens with two attached hydrogens (primary N) is 1. The molecule has 0 spiro atoms. The van der Waals surface area contributed by atoms with Gasteiger partial charge in [0.2, 0.25) is 0 Å². The fourth-order valence-electron chi connectivity index (χ4n) is 3.40. The maximum Gasteiger partial charge on any atom is 0.320 e. The summed E-state index contributed by atoms with van der Waals surface area (Å²) in [4.78, 5) is 11.0. The molecule has 0 aliphatic heterocycles. The molecule has 1 atom stereocenters. The first-order valence-corrected chi connectivity index (χ1v) is 11.8. The zero-order chi connectivity index (χ0) is 25.8. The van der Waals surface area contributed by atoms with Crippen molar-refractivity contribution in [1.29, 1.82) is 0 Å². The summed E-state index contributed by atoms with van der Waals surface area (Å²) in [7, 11) is 0. The lowest BCUT2D eigenvalue weighted by molar-refractivity contribution is -0.138. The predicted molar refractivity (Wildman–Crippen MR) is 136 cm³/mol. The van der Waals surface area contributed by atoms with E-state index in [4.69, 9.17) is 43.5 Å². The van der Waals surface area contributed by atoms with Gasteiger partial charge in [0.25, 0.3) is 0 Å². The van der Waals surface area contributed by atoms with Crippen molar-refractivity contribution in [2.24, 2.45) is 5.73 Å². The molecule has 3 aromatic rings. The second kappa shape index (κ2) is 11.3. The Bertz CT molecular complexity index is 1170. The van der Waals surface area contributed by atoms with Crippen LogP contribution in [0.2, 0.25) is 10.0 Å². The standard InChI is InChI=1S/C27H28Cl2FNO4/c1-27(2,3)19-6-9-24(34-14-16-4-7-20(30)8-5-16)18(13-19)15-35-25-21(28)10-17(11-22(25)29)12-23(31)26(32)33/h4-11,13,23H,12,14-15,31H2,1-3H3,(H,32,33). The molecule has 0 aromatic heterocycles. The van der Waals surface area contributed by atoms with Crippen molar-refractivity contribution >= 4 is 29.2 Å². The average Bonchev–Trinajstić information content (AvgIpc) is 2.77. The Kier molecular flexibility index (Phi) is 8.65. The summed E-state index contributed by atoms with van der Waals surface area (Å²) >= 11 is 12.8. The number of benzene rings is 3. The van der Waals surface area contributed by atoms with E-state index in [1.54, 1.807) is 24.3 Å². The lowest BCUT2D eigenvalue weighted by Gasteiger charge is -2.22. The maximum atomic E-state index is 13.2. The highest BCUT2D eigenvalue weighted by Gasteiger charge is 2.19. The summed E-state index contributed by atoms with van der Waals surface area (Å²) in [6, 6.07) is 14.2. The van der Waals surface area contributed by atoms with Crippen molar-refractivity contribution in [2.75, 3.05) is 0 Å². The number of hydrogen-bond donors (Lipinski definition) is 2. The van der Waals surface area contributed by atoms with Crippen molar-refractivity contribution < 1.29 is 23.8 Å². The van der Waals surface area contributed by atoms with Crippen LogP contribution in [-0.2, 0) is 29.8 Å². The van der Waals surface area contributed by atoms with E-state index in [-0.39, 0.29) is 46.7 Å². The van der Waals surface area contributed by atoms with Crippen molar-refractivity contribution in [3.05, 3.63) is 92.7 Å². The summed E-state index contributed by atoms with van der Waals surface area (Å²) in [6.07, 6.45) is 0.0874. The molecule has 1 unspecified atom stereocenters. The Morgan fingerprint density at radius 1 is 0.971 bits per heavy atom. The Morgan fingerprint density at radius 3 is 2.17 bits per heavy atom. The van der Waals surface area contributed by atoms with E-state index in [1.807, 2.05) is 18.2 Å². The largest absolute Gasteiger partial charge is 0.488 e. The molecule has 0 aliphatic carbocycles. The number of rotatable bonds is 9. The molecule has 0 saturated carbocycles. The molecule has 0 amide bonds. The van der Waals surface area contributed by atoms with Gasteiger partial charge in [-0.05, 0) is 64.9 Å². The van der Waals surface area contributed by atoms with Crippen LogP contribution >= 0.6 is 23.2 Å². The number of aliphatic carboxylic acids is 1. The minimum absolute atomic E-state index is 0.0874. The van der Waals surface area contributed by atoms with Gasteiger partial charge in [-0.15, -0.1) is 0 Å². The van der Waals surface area contributed by atoms with Crippen LogP contribution in [0.4, 0.5) is 4.39 Å². The Hall–Kier alpha value is -2.80. The van der Waals surface area contributed by atoms with Gasteiger partial charge in [-0.25, -0.2) is 4.39 Å². The number of carboxylic acid groups (broad SMARTS) is 1. The average molecular weight is 520 g/mol. The van der Waals surface area contributed by atoms with Crippen LogP contribution in [-0.4, -0.2) is 17.1 Å². The Morgan fingerprint density at radius 2 is 1.60 bits per heavy atom. The Balaban J connectivity index is 1.82. The SMILES string of the molecule is CC(C)(C)c1ccc(OCc2ccc(F)cc2)c(COc2c(Cl)cc(CC(N)C(=O)O)cc2Cl)c1. The number of halogens is 3. The van der Waals surface area contributed by atoms with Gasteiger partial charge in [-0.1, -0.05) is 62.2 Å². The van der Waals surface area contributed by atoms with Crippen LogP contribution in [0, 0.1) is 5.82 Å². The first kappa shape index (κ1) is 26.8. The molecule has 0 heterocycles. The first-order valence-electron chi connectivity index (χ1n) is 11.0. The minimum atomic E-state index is -1.11. The quantitative estimate of drug-likeness (QED) is 0.335. The topological polar surface area (TPSA) is 81.8 Å². The molecule has 0 fully saturated rings. The van der Waals surface area contributed by atoms with Crippen LogP contribution in [0.15, 0.2) is 54.6 Å². The van der Waals surface area contributed by atoms with Crippen LogP contribution in [0.5, 0.6) is 11.5 Å². The van der Waals surface area contributed by atoms with E-state index in [0.717, 1.165) is 16.7 Å². The fraction of sp³-hybridized carbons (Fsp3) is 0.296. The van der Waals surface area contributed by atoms with Gasteiger partial charge in [0.15, 0.2) is 5.75 Å². The van der Waals surface area contributed by atoms with Crippen LogP contribution in [0.25, 0.3) is 0 Å². The van der Waals surface area contributed by atoms with Gasteiger partial charge in [0.1, 0.15) is 30.8 Å². The third-order valence-electron chi connectivity index (χ3n) is 5.44. The van der Waals surface area contributed by atoms with E-state index in [0.29, 0.717) is 11.3 Å². The molecule has 8 heteroatoms. The highest BCUT2D eigenvalue weighted by Crippen LogP contribution is 2.36. The molecule has 3 rings (SSSR count). The summed E-state index contributed by atoms with van der Waals surface area (Å²) in [5.41, 5.74) is 8.85. The number of hydrogen-bond acceptors (Lipinski definition) is 4. The third kappa shape index (κ3) is 7.34. The highest BCUT2D eigenvalue weighted by atomic mass is 35.5. The highest BCUT2D eigenvalue weighted by molar-refractivity contribution is 6.37. The lowest BCUT2D eigenvalue weighted by Crippen LogP contribution is -2.32. The van der Waals surface area contributed by atoms with E-state index >= 15 is 0 Å². The predicted octanol–water partition coefficient (Wildman–Crippen LogP) is 6.54. The minimum Gasteiger partial charge on any atom is -0.488 e. The fourth-order valence-corrected chi connectivity index (χ4v) is 4.04. The van der Waals surface area contributed by atoms with E-state index < -0.39 is 12.0 Å². The third-order valence-corrected chi connectivity index (χ3v) is 6.00. The van der Waals surface area contributed by atoms with E-state index in [9.17, 15) is 9.18 Å². The lowest BCUT2D eigenvalue weighted by atomic mass is 9.86.